The van der Waals surface area contributed by atoms with E-state index in [1.807, 2.05) is 19.1 Å². The number of ether oxygens (including phenoxy) is 1. The lowest BCUT2D eigenvalue weighted by Gasteiger charge is -2.07. The summed E-state index contributed by atoms with van der Waals surface area (Å²) in [4.78, 5) is 8.65. The summed E-state index contributed by atoms with van der Waals surface area (Å²) in [5.74, 6) is 1.75. The predicted molar refractivity (Wildman–Crippen MR) is 68.4 cm³/mol. The van der Waals surface area contributed by atoms with E-state index >= 15 is 0 Å². The number of pyridine rings is 1. The first-order valence-electron chi connectivity index (χ1n) is 5.15. The van der Waals surface area contributed by atoms with E-state index in [9.17, 15) is 0 Å². The Hall–Kier alpha value is -1.95. The van der Waals surface area contributed by atoms with Crippen molar-refractivity contribution in [3.05, 3.63) is 36.4 Å². The number of hydrogen-bond donors (Lipinski definition) is 1. The largest absolute Gasteiger partial charge is 0.478 e. The van der Waals surface area contributed by atoms with Gasteiger partial charge in [0.2, 0.25) is 5.88 Å². The third-order valence-corrected chi connectivity index (χ3v) is 2.29. The van der Waals surface area contributed by atoms with E-state index in [2.05, 4.69) is 9.97 Å². The highest BCUT2D eigenvalue weighted by Crippen LogP contribution is 2.13. The van der Waals surface area contributed by atoms with Gasteiger partial charge in [0.25, 0.3) is 0 Å². The number of rotatable bonds is 4. The van der Waals surface area contributed by atoms with Crippen LogP contribution in [0.1, 0.15) is 12.7 Å². The number of nitrogens with two attached hydrogens (primary N) is 1. The molecule has 5 nitrogen and oxygen atoms in total. The summed E-state index contributed by atoms with van der Waals surface area (Å²) < 4.78 is 7.06. The van der Waals surface area contributed by atoms with Crippen molar-refractivity contribution in [2.24, 2.45) is 5.73 Å². The number of nitrogens with zero attached hydrogens (tertiary/aromatic N) is 3. The molecule has 88 valence electrons. The molecule has 0 atom stereocenters. The second kappa shape index (κ2) is 4.92. The van der Waals surface area contributed by atoms with Gasteiger partial charge in [0.1, 0.15) is 10.8 Å². The molecule has 2 rings (SSSR count). The Bertz CT molecular complexity index is 538. The van der Waals surface area contributed by atoms with E-state index in [4.69, 9.17) is 22.7 Å². The molecule has 2 aromatic heterocycles. The van der Waals surface area contributed by atoms with E-state index in [1.165, 1.54) is 0 Å². The minimum Gasteiger partial charge on any atom is -0.478 e. The summed E-state index contributed by atoms with van der Waals surface area (Å²) >= 11 is 4.92. The molecule has 6 heteroatoms. The van der Waals surface area contributed by atoms with E-state index in [1.54, 1.807) is 23.0 Å². The van der Waals surface area contributed by atoms with Gasteiger partial charge in [0.05, 0.1) is 6.61 Å². The molecule has 0 radical (unpaired) electrons. The van der Waals surface area contributed by atoms with Crippen molar-refractivity contribution in [1.29, 1.82) is 0 Å². The zero-order valence-electron chi connectivity index (χ0n) is 9.33. The average Bonchev–Trinajstić information content (AvgIpc) is 2.79. The summed E-state index contributed by atoms with van der Waals surface area (Å²) in [6.07, 6.45) is 3.38. The maximum absolute atomic E-state index is 5.58. The van der Waals surface area contributed by atoms with E-state index in [0.717, 1.165) is 0 Å². The third-order valence-electron chi connectivity index (χ3n) is 2.11. The van der Waals surface area contributed by atoms with Crippen LogP contribution in [0.3, 0.4) is 0 Å². The molecule has 0 spiro atoms. The smallest absolute Gasteiger partial charge is 0.215 e. The molecule has 0 aliphatic heterocycles. The lowest BCUT2D eigenvalue weighted by molar-refractivity contribution is 0.326. The topological polar surface area (TPSA) is 66.0 Å². The molecule has 17 heavy (non-hydrogen) atoms. The van der Waals surface area contributed by atoms with E-state index < -0.39 is 0 Å². The summed E-state index contributed by atoms with van der Waals surface area (Å²) in [6.45, 7) is 2.48. The van der Waals surface area contributed by atoms with Crippen molar-refractivity contribution in [2.45, 2.75) is 6.92 Å². The van der Waals surface area contributed by atoms with Crippen molar-refractivity contribution in [3.8, 4) is 11.7 Å². The molecule has 0 aliphatic rings. The fraction of sp³-hybridized carbons (Fsp3) is 0.182. The van der Waals surface area contributed by atoms with Gasteiger partial charge in [-0.3, -0.25) is 4.57 Å². The van der Waals surface area contributed by atoms with Crippen LogP contribution in [0.25, 0.3) is 5.82 Å². The lowest BCUT2D eigenvalue weighted by atomic mass is 10.4. The average molecular weight is 248 g/mol. The van der Waals surface area contributed by atoms with Crippen LogP contribution in [-0.4, -0.2) is 26.1 Å². The molecule has 2 heterocycles. The summed E-state index contributed by atoms with van der Waals surface area (Å²) in [7, 11) is 0. The molecular formula is C11H12N4OS. The molecular weight excluding hydrogens is 236 g/mol. The van der Waals surface area contributed by atoms with Crippen molar-refractivity contribution < 1.29 is 4.74 Å². The molecule has 0 bridgehead atoms. The minimum atomic E-state index is 0.235. The Balaban J connectivity index is 2.42. The van der Waals surface area contributed by atoms with Crippen molar-refractivity contribution >= 4 is 17.2 Å². The highest BCUT2D eigenvalue weighted by atomic mass is 32.1. The normalized spacial score (nSPS) is 10.2. The van der Waals surface area contributed by atoms with Gasteiger partial charge in [-0.15, -0.1) is 0 Å². The fourth-order valence-electron chi connectivity index (χ4n) is 1.44. The van der Waals surface area contributed by atoms with Crippen LogP contribution in [0, 0.1) is 0 Å². The number of thiocarbonyl (C=S) groups is 1. The second-order valence-corrected chi connectivity index (χ2v) is 3.69. The maximum atomic E-state index is 5.58. The number of aromatic nitrogens is 3. The zero-order valence-corrected chi connectivity index (χ0v) is 10.1. The van der Waals surface area contributed by atoms with Gasteiger partial charge in [-0.1, -0.05) is 18.3 Å². The van der Waals surface area contributed by atoms with Gasteiger partial charge < -0.3 is 10.5 Å². The molecule has 0 aromatic carbocycles. The van der Waals surface area contributed by atoms with Gasteiger partial charge in [-0.05, 0) is 13.0 Å². The van der Waals surface area contributed by atoms with Crippen molar-refractivity contribution in [1.82, 2.24) is 14.5 Å². The van der Waals surface area contributed by atoms with Crippen LogP contribution in [0.15, 0.2) is 30.6 Å². The van der Waals surface area contributed by atoms with E-state index in [-0.39, 0.29) is 4.99 Å². The zero-order chi connectivity index (χ0) is 12.3. The molecule has 0 amide bonds. The van der Waals surface area contributed by atoms with E-state index in [0.29, 0.717) is 24.1 Å². The predicted octanol–water partition coefficient (Wildman–Crippen LogP) is 1.30. The SMILES string of the molecule is CCOc1cccc(-n2ccnc2C(N)=S)n1. The molecule has 0 aliphatic carbocycles. The highest BCUT2D eigenvalue weighted by Gasteiger charge is 2.08. The standard InChI is InChI=1S/C11H12N4OS/c1-2-16-9-5-3-4-8(14-9)15-7-6-13-11(15)10(12)17/h3-7H,2H2,1H3,(H2,12,17). The quantitative estimate of drug-likeness (QED) is 0.826. The lowest BCUT2D eigenvalue weighted by Crippen LogP contribution is -2.16. The van der Waals surface area contributed by atoms with Crippen LogP contribution in [-0.2, 0) is 0 Å². The van der Waals surface area contributed by atoms with Crippen LogP contribution >= 0.6 is 12.2 Å². The van der Waals surface area contributed by atoms with Gasteiger partial charge in [-0.2, -0.15) is 4.98 Å². The number of hydrogen-bond acceptors (Lipinski definition) is 4. The first-order valence-corrected chi connectivity index (χ1v) is 5.56. The molecule has 0 fully saturated rings. The summed E-state index contributed by atoms with van der Waals surface area (Å²) in [5, 5.41) is 0. The molecule has 2 aromatic rings. The maximum Gasteiger partial charge on any atom is 0.215 e. The van der Waals surface area contributed by atoms with Crippen LogP contribution in [0.2, 0.25) is 0 Å². The molecule has 0 unspecified atom stereocenters. The van der Waals surface area contributed by atoms with Gasteiger partial charge >= 0.3 is 0 Å². The Morgan fingerprint density at radius 1 is 1.53 bits per heavy atom. The number of imidazole rings is 1. The summed E-state index contributed by atoms with van der Waals surface area (Å²) in [5.41, 5.74) is 5.58. The third kappa shape index (κ3) is 2.42. The molecule has 0 saturated heterocycles. The minimum absolute atomic E-state index is 0.235. The van der Waals surface area contributed by atoms with Crippen LogP contribution < -0.4 is 10.5 Å². The van der Waals surface area contributed by atoms with Gasteiger partial charge in [0.15, 0.2) is 5.82 Å². The molecule has 0 saturated carbocycles. The highest BCUT2D eigenvalue weighted by molar-refractivity contribution is 7.80. The Kier molecular flexibility index (Phi) is 3.34. The Labute approximate surface area is 104 Å². The molecule has 2 N–H and O–H groups in total. The Morgan fingerprint density at radius 3 is 3.06 bits per heavy atom. The van der Waals surface area contributed by atoms with Crippen LogP contribution in [0.4, 0.5) is 0 Å². The first kappa shape index (κ1) is 11.5. The summed E-state index contributed by atoms with van der Waals surface area (Å²) in [6, 6.07) is 5.49. The first-order chi connectivity index (χ1) is 8.22. The second-order valence-electron chi connectivity index (χ2n) is 3.25. The fourth-order valence-corrected chi connectivity index (χ4v) is 1.59. The Morgan fingerprint density at radius 2 is 2.35 bits per heavy atom. The van der Waals surface area contributed by atoms with Crippen molar-refractivity contribution in [3.63, 3.8) is 0 Å². The van der Waals surface area contributed by atoms with Gasteiger partial charge in [0, 0.05) is 18.5 Å². The monoisotopic (exact) mass is 248 g/mol. The van der Waals surface area contributed by atoms with Crippen LogP contribution in [0.5, 0.6) is 5.88 Å². The van der Waals surface area contributed by atoms with Crippen molar-refractivity contribution in [2.75, 3.05) is 6.61 Å². The van der Waals surface area contributed by atoms with Gasteiger partial charge in [-0.25, -0.2) is 4.98 Å².